The van der Waals surface area contributed by atoms with Gasteiger partial charge in [0.15, 0.2) is 0 Å². The van der Waals surface area contributed by atoms with Crippen molar-refractivity contribution in [2.45, 2.75) is 50.0 Å². The molecule has 0 saturated heterocycles. The third-order valence-corrected chi connectivity index (χ3v) is 12.6. The van der Waals surface area contributed by atoms with Crippen molar-refractivity contribution in [1.29, 1.82) is 0 Å². The van der Waals surface area contributed by atoms with Crippen LogP contribution in [-0.2, 0) is 35.7 Å². The Morgan fingerprint density at radius 2 is 1.16 bits per heavy atom. The van der Waals surface area contributed by atoms with Gasteiger partial charge in [-0.25, -0.2) is 0 Å². The van der Waals surface area contributed by atoms with Crippen LogP contribution >= 0.6 is 0 Å². The third-order valence-electron chi connectivity index (χ3n) is 3.62. The van der Waals surface area contributed by atoms with Crippen LogP contribution in [0.2, 0.25) is 8.45 Å². The standard InChI is InChI=1S/2C4H7O2.2C3H7.Ti/c2*1-2-6-4-3-5;2*1-3-2;/h2*2,4H2,1H3;2*3H,1-2H3;. The fourth-order valence-electron chi connectivity index (χ4n) is 2.74. The van der Waals surface area contributed by atoms with E-state index in [1.807, 2.05) is 41.5 Å². The molecule has 0 aromatic heterocycles. The molecule has 0 atom stereocenters. The minimum atomic E-state index is -3.37. The quantitative estimate of drug-likeness (QED) is 0.582. The zero-order valence-electron chi connectivity index (χ0n) is 13.1. The zero-order chi connectivity index (χ0) is 15.1. The van der Waals surface area contributed by atoms with Gasteiger partial charge >= 0.3 is 120 Å². The van der Waals surface area contributed by atoms with Crippen molar-refractivity contribution in [2.24, 2.45) is 0 Å². The summed E-state index contributed by atoms with van der Waals surface area (Å²) in [6, 6.07) is 0. The molecular weight excluding hydrogens is 280 g/mol. The Labute approximate surface area is 120 Å². The van der Waals surface area contributed by atoms with E-state index in [4.69, 9.17) is 9.47 Å². The van der Waals surface area contributed by atoms with Crippen molar-refractivity contribution in [3.05, 3.63) is 0 Å². The molecule has 0 heterocycles. The number of hydrogen-bond donors (Lipinski definition) is 0. The predicted octanol–water partition coefficient (Wildman–Crippen LogP) is 2.92. The number of carbonyl (C=O) groups is 2. The first-order valence-corrected chi connectivity index (χ1v) is 10.4. The summed E-state index contributed by atoms with van der Waals surface area (Å²) in [6.45, 7) is 12.8. The summed E-state index contributed by atoms with van der Waals surface area (Å²) >= 11 is -3.37. The van der Waals surface area contributed by atoms with Gasteiger partial charge in [0.25, 0.3) is 0 Å². The van der Waals surface area contributed by atoms with Crippen LogP contribution in [0.25, 0.3) is 0 Å². The Hall–Kier alpha value is -0.0257. The van der Waals surface area contributed by atoms with E-state index < -0.39 is 16.6 Å². The van der Waals surface area contributed by atoms with Crippen LogP contribution in [0, 0.1) is 0 Å². The summed E-state index contributed by atoms with van der Waals surface area (Å²) in [7, 11) is 0. The van der Waals surface area contributed by atoms with Crippen LogP contribution in [0.5, 0.6) is 0 Å². The van der Waals surface area contributed by atoms with E-state index >= 15 is 0 Å². The monoisotopic (exact) mass is 308 g/mol. The van der Waals surface area contributed by atoms with E-state index in [1.165, 1.54) is 0 Å². The fraction of sp³-hybridized carbons (Fsp3) is 0.857. The number of hydrogen-bond acceptors (Lipinski definition) is 4. The van der Waals surface area contributed by atoms with Gasteiger partial charge in [-0.2, -0.15) is 0 Å². The molecule has 0 rings (SSSR count). The van der Waals surface area contributed by atoms with Crippen LogP contribution in [0.4, 0.5) is 0 Å². The molecule has 19 heavy (non-hydrogen) atoms. The first-order chi connectivity index (χ1) is 8.85. The second-order valence-corrected chi connectivity index (χ2v) is 13.4. The molecule has 112 valence electrons. The minimum absolute atomic E-state index is 0.0524. The third kappa shape index (κ3) is 4.49. The van der Waals surface area contributed by atoms with Gasteiger partial charge in [-0.3, -0.25) is 0 Å². The normalized spacial score (nSPS) is 12.2. The van der Waals surface area contributed by atoms with Crippen molar-refractivity contribution in [3.63, 3.8) is 0 Å². The first kappa shape index (κ1) is 19.0. The Morgan fingerprint density at radius 3 is 1.37 bits per heavy atom. The van der Waals surface area contributed by atoms with Crippen molar-refractivity contribution < 1.29 is 35.7 Å². The molecular formula is C14H28O4Ti. The topological polar surface area (TPSA) is 52.6 Å². The number of ether oxygens (including phenoxy) is 2. The van der Waals surface area contributed by atoms with Gasteiger partial charge in [-0.15, -0.1) is 0 Å². The molecule has 5 heteroatoms. The van der Waals surface area contributed by atoms with E-state index in [9.17, 15) is 9.59 Å². The van der Waals surface area contributed by atoms with Crippen molar-refractivity contribution in [2.75, 3.05) is 26.4 Å². The molecule has 0 radical (unpaired) electrons. The van der Waals surface area contributed by atoms with Crippen molar-refractivity contribution >= 4 is 8.18 Å². The molecule has 0 amide bonds. The molecule has 0 N–H and O–H groups in total. The fourth-order valence-corrected chi connectivity index (χ4v) is 10.4. The molecule has 0 aliphatic rings. The van der Waals surface area contributed by atoms with Gasteiger partial charge in [-0.1, -0.05) is 0 Å². The second-order valence-electron chi connectivity index (χ2n) is 5.30. The average molecular weight is 308 g/mol. The van der Waals surface area contributed by atoms with E-state index in [0.717, 1.165) is 0 Å². The molecule has 0 saturated carbocycles. The molecule has 0 aliphatic heterocycles. The average Bonchev–Trinajstić information content (AvgIpc) is 2.33. The van der Waals surface area contributed by atoms with E-state index in [2.05, 4.69) is 0 Å². The predicted molar refractivity (Wildman–Crippen MR) is 73.2 cm³/mol. The summed E-state index contributed by atoms with van der Waals surface area (Å²) in [6.07, 6.45) is 0. The Balaban J connectivity index is 5.30. The molecule has 4 nitrogen and oxygen atoms in total. The maximum atomic E-state index is 12.6. The van der Waals surface area contributed by atoms with Gasteiger partial charge in [-0.05, 0) is 0 Å². The molecule has 0 unspecified atom stereocenters. The second kappa shape index (κ2) is 9.01. The van der Waals surface area contributed by atoms with Crippen LogP contribution in [0.3, 0.4) is 0 Å². The van der Waals surface area contributed by atoms with Gasteiger partial charge in [0, 0.05) is 0 Å². The van der Waals surface area contributed by atoms with E-state index in [-0.39, 0.29) is 29.8 Å². The SMILES string of the molecule is CCOC[C](=O)[Ti]([C](=O)COCC)([CH](C)C)[CH](C)C. The van der Waals surface area contributed by atoms with Crippen LogP contribution in [0.15, 0.2) is 0 Å². The summed E-state index contributed by atoms with van der Waals surface area (Å²) in [5.41, 5.74) is 0. The van der Waals surface area contributed by atoms with Crippen molar-refractivity contribution in [3.8, 4) is 0 Å². The summed E-state index contributed by atoms with van der Waals surface area (Å²) in [5.74, 6) is 0. The summed E-state index contributed by atoms with van der Waals surface area (Å²) in [5, 5.41) is 0. The molecule has 0 fully saturated rings. The van der Waals surface area contributed by atoms with E-state index in [1.54, 1.807) is 0 Å². The van der Waals surface area contributed by atoms with Gasteiger partial charge in [0.2, 0.25) is 0 Å². The van der Waals surface area contributed by atoms with Crippen LogP contribution in [0.1, 0.15) is 41.5 Å². The van der Waals surface area contributed by atoms with Crippen molar-refractivity contribution in [1.82, 2.24) is 0 Å². The Bertz CT molecular complexity index is 270. The van der Waals surface area contributed by atoms with Crippen LogP contribution < -0.4 is 0 Å². The molecule has 0 aliphatic carbocycles. The molecule has 0 bridgehead atoms. The first-order valence-electron chi connectivity index (χ1n) is 7.07. The molecule has 0 aromatic rings. The van der Waals surface area contributed by atoms with Gasteiger partial charge in [0.05, 0.1) is 0 Å². The number of rotatable bonds is 10. The number of carbonyl (C=O) groups excluding carboxylic acids is 2. The zero-order valence-corrected chi connectivity index (χ0v) is 14.7. The van der Waals surface area contributed by atoms with E-state index in [0.29, 0.717) is 13.2 Å². The molecule has 0 aromatic carbocycles. The molecule has 0 spiro atoms. The Kier molecular flexibility index (Phi) is 9.00. The van der Waals surface area contributed by atoms with Gasteiger partial charge < -0.3 is 0 Å². The van der Waals surface area contributed by atoms with Crippen LogP contribution in [-0.4, -0.2) is 34.6 Å². The van der Waals surface area contributed by atoms with Gasteiger partial charge in [0.1, 0.15) is 0 Å². The Morgan fingerprint density at radius 1 is 0.842 bits per heavy atom. The summed E-state index contributed by atoms with van der Waals surface area (Å²) in [4.78, 5) is 25.2. The maximum absolute atomic E-state index is 12.6. The summed E-state index contributed by atoms with van der Waals surface area (Å²) < 4.78 is 10.8.